The van der Waals surface area contributed by atoms with Crippen LogP contribution >= 0.6 is 0 Å². The molecule has 0 bridgehead atoms. The molecule has 0 radical (unpaired) electrons. The lowest BCUT2D eigenvalue weighted by Crippen LogP contribution is -2.50. The molecule has 0 rings (SSSR count). The molecule has 0 aliphatic rings. The number of nitrogens with one attached hydrogen (secondary N) is 1. The van der Waals surface area contributed by atoms with Crippen LogP contribution in [0, 0.1) is 0 Å². The first-order valence-corrected chi connectivity index (χ1v) is 27.4. The van der Waals surface area contributed by atoms with Gasteiger partial charge in [0.1, 0.15) is 6.10 Å². The van der Waals surface area contributed by atoms with Gasteiger partial charge in [0, 0.05) is 6.42 Å². The molecule has 62 heavy (non-hydrogen) atoms. The van der Waals surface area contributed by atoms with E-state index in [2.05, 4.69) is 67.8 Å². The number of rotatable bonds is 50. The fourth-order valence-corrected chi connectivity index (χ4v) is 8.39. The average molecular weight is 870 g/mol. The van der Waals surface area contributed by atoms with Gasteiger partial charge >= 0.3 is 0 Å². The second-order valence-electron chi connectivity index (χ2n) is 18.8. The molecule has 5 heteroatoms. The third-order valence-corrected chi connectivity index (χ3v) is 12.6. The number of allylic oxidation sites excluding steroid dienone is 8. The van der Waals surface area contributed by atoms with E-state index in [0.717, 1.165) is 51.4 Å². The van der Waals surface area contributed by atoms with Crippen LogP contribution in [0.15, 0.2) is 48.6 Å². The van der Waals surface area contributed by atoms with Gasteiger partial charge in [0.15, 0.2) is 0 Å². The van der Waals surface area contributed by atoms with Gasteiger partial charge < -0.3 is 20.6 Å². The number of hydrogen-bond acceptors (Lipinski definition) is 4. The monoisotopic (exact) mass is 870 g/mol. The summed E-state index contributed by atoms with van der Waals surface area (Å²) in [6.45, 7) is 4.18. The molecule has 3 atom stereocenters. The van der Waals surface area contributed by atoms with Crippen molar-refractivity contribution in [2.75, 3.05) is 6.61 Å². The number of aliphatic hydroxyl groups excluding tert-OH is 3. The summed E-state index contributed by atoms with van der Waals surface area (Å²) < 4.78 is 0. The molecule has 0 heterocycles. The minimum absolute atomic E-state index is 0.158. The van der Waals surface area contributed by atoms with Crippen molar-refractivity contribution in [2.24, 2.45) is 0 Å². The van der Waals surface area contributed by atoms with Crippen LogP contribution in [0.3, 0.4) is 0 Å². The van der Waals surface area contributed by atoms with E-state index in [1.807, 2.05) is 0 Å². The molecule has 364 valence electrons. The lowest BCUT2D eigenvalue weighted by Gasteiger charge is -2.26. The normalized spacial score (nSPS) is 13.7. The summed E-state index contributed by atoms with van der Waals surface area (Å²) in [4.78, 5) is 12.5. The fourth-order valence-electron chi connectivity index (χ4n) is 8.39. The number of amides is 1. The van der Waals surface area contributed by atoms with Crippen LogP contribution in [0.2, 0.25) is 0 Å². The van der Waals surface area contributed by atoms with Crippen LogP contribution in [0.5, 0.6) is 0 Å². The summed E-state index contributed by atoms with van der Waals surface area (Å²) in [7, 11) is 0. The maximum Gasteiger partial charge on any atom is 0.220 e. The summed E-state index contributed by atoms with van der Waals surface area (Å²) >= 11 is 0. The third kappa shape index (κ3) is 46.3. The minimum atomic E-state index is -1.17. The summed E-state index contributed by atoms with van der Waals surface area (Å²) in [5.41, 5.74) is 0. The molecule has 0 aromatic carbocycles. The van der Waals surface area contributed by atoms with Gasteiger partial charge in [-0.05, 0) is 83.5 Å². The van der Waals surface area contributed by atoms with Crippen molar-refractivity contribution in [2.45, 2.75) is 302 Å². The van der Waals surface area contributed by atoms with E-state index in [1.54, 1.807) is 0 Å². The highest BCUT2D eigenvalue weighted by Crippen LogP contribution is 2.16. The van der Waals surface area contributed by atoms with E-state index < -0.39 is 18.2 Å². The molecule has 0 spiro atoms. The molecule has 4 N–H and O–H groups in total. The summed E-state index contributed by atoms with van der Waals surface area (Å²) in [6.07, 6.45) is 68.3. The number of hydrogen-bond donors (Lipinski definition) is 4. The predicted molar refractivity (Wildman–Crippen MR) is 273 cm³/mol. The Labute approximate surface area is 387 Å². The van der Waals surface area contributed by atoms with Gasteiger partial charge in [-0.1, -0.05) is 242 Å². The van der Waals surface area contributed by atoms with E-state index in [1.165, 1.54) is 205 Å². The second-order valence-corrected chi connectivity index (χ2v) is 18.8. The first-order chi connectivity index (χ1) is 30.6. The molecule has 0 aromatic heterocycles. The maximum absolute atomic E-state index is 12.5. The van der Waals surface area contributed by atoms with Crippen molar-refractivity contribution in [3.8, 4) is 0 Å². The molecule has 0 saturated carbocycles. The van der Waals surface area contributed by atoms with Gasteiger partial charge in [-0.25, -0.2) is 0 Å². The topological polar surface area (TPSA) is 89.8 Å². The van der Waals surface area contributed by atoms with Crippen molar-refractivity contribution in [1.29, 1.82) is 0 Å². The fraction of sp³-hybridized carbons (Fsp3) is 0.842. The number of carbonyl (C=O) groups is 1. The number of aliphatic hydroxyl groups is 3. The van der Waals surface area contributed by atoms with E-state index in [0.29, 0.717) is 12.8 Å². The highest BCUT2D eigenvalue weighted by molar-refractivity contribution is 5.76. The van der Waals surface area contributed by atoms with Crippen LogP contribution in [-0.2, 0) is 4.79 Å². The quantitative estimate of drug-likeness (QED) is 0.0362. The molecule has 3 unspecified atom stereocenters. The van der Waals surface area contributed by atoms with Gasteiger partial charge in [0.05, 0.1) is 18.8 Å². The first-order valence-electron chi connectivity index (χ1n) is 27.4. The number of carbonyl (C=O) groups excluding carboxylic acids is 1. The Bertz CT molecular complexity index is 1000. The minimum Gasteiger partial charge on any atom is -0.394 e. The predicted octanol–water partition coefficient (Wildman–Crippen LogP) is 16.8. The second kappa shape index (κ2) is 51.9. The standard InChI is InChI=1S/C57H107NO4/c1-3-5-7-9-11-13-15-17-19-21-23-24-25-26-27-28-29-30-31-32-34-36-38-40-42-44-46-48-50-52-56(61)58-54(53-59)57(62)55(60)51-49-47-45-43-41-39-37-35-33-22-20-18-16-14-12-10-8-6-4-2/h23-24,26-27,35,37,43,45,54-55,57,59-60,62H,3-22,25,28-34,36,38-42,44,46-53H2,1-2H3,(H,58,61)/b24-23-,27-26-,37-35+,45-43+. The van der Waals surface area contributed by atoms with Gasteiger partial charge in [0.2, 0.25) is 5.91 Å². The van der Waals surface area contributed by atoms with E-state index in [4.69, 9.17) is 0 Å². The van der Waals surface area contributed by atoms with Gasteiger partial charge in [-0.15, -0.1) is 0 Å². The van der Waals surface area contributed by atoms with Crippen molar-refractivity contribution in [1.82, 2.24) is 5.32 Å². The zero-order valence-corrected chi connectivity index (χ0v) is 41.5. The number of unbranched alkanes of at least 4 members (excludes halogenated alkanes) is 34. The Morgan fingerprint density at radius 1 is 0.403 bits per heavy atom. The summed E-state index contributed by atoms with van der Waals surface area (Å²) in [5, 5.41) is 33.7. The smallest absolute Gasteiger partial charge is 0.220 e. The van der Waals surface area contributed by atoms with E-state index in [9.17, 15) is 20.1 Å². The highest BCUT2D eigenvalue weighted by Gasteiger charge is 2.26. The van der Waals surface area contributed by atoms with Gasteiger partial charge in [-0.2, -0.15) is 0 Å². The zero-order chi connectivity index (χ0) is 45.1. The van der Waals surface area contributed by atoms with Gasteiger partial charge in [0.25, 0.3) is 0 Å². The van der Waals surface area contributed by atoms with Crippen molar-refractivity contribution >= 4 is 5.91 Å². The van der Waals surface area contributed by atoms with Crippen LogP contribution in [0.4, 0.5) is 0 Å². The van der Waals surface area contributed by atoms with Crippen LogP contribution in [-0.4, -0.2) is 46.1 Å². The molecule has 5 nitrogen and oxygen atoms in total. The molecular weight excluding hydrogens is 763 g/mol. The molecule has 0 aliphatic carbocycles. The Morgan fingerprint density at radius 3 is 1.08 bits per heavy atom. The Kier molecular flexibility index (Phi) is 50.5. The van der Waals surface area contributed by atoms with Crippen LogP contribution < -0.4 is 5.32 Å². The van der Waals surface area contributed by atoms with Crippen molar-refractivity contribution in [3.63, 3.8) is 0 Å². The Hall–Kier alpha value is -1.69. The SMILES string of the molecule is CCCCCCCCCCC/C=C\C/C=C\CCCCCCCCCCCCCCCC(=O)NC(CO)C(O)C(O)CCC/C=C/CC/C=C/CCCCCCCCCCCC. The molecule has 0 aromatic rings. The largest absolute Gasteiger partial charge is 0.394 e. The summed E-state index contributed by atoms with van der Waals surface area (Å²) in [6, 6.07) is -0.834. The lowest BCUT2D eigenvalue weighted by molar-refractivity contribution is -0.124. The first kappa shape index (κ1) is 60.3. The lowest BCUT2D eigenvalue weighted by atomic mass is 10.0. The summed E-state index contributed by atoms with van der Waals surface area (Å²) in [5.74, 6) is -0.158. The third-order valence-electron chi connectivity index (χ3n) is 12.6. The van der Waals surface area contributed by atoms with Crippen molar-refractivity contribution < 1.29 is 20.1 Å². The Balaban J connectivity index is 3.60. The van der Waals surface area contributed by atoms with Gasteiger partial charge in [-0.3, -0.25) is 4.79 Å². The maximum atomic E-state index is 12.5. The average Bonchev–Trinajstić information content (AvgIpc) is 3.28. The Morgan fingerprint density at radius 2 is 0.710 bits per heavy atom. The molecule has 0 aliphatic heterocycles. The molecule has 0 saturated heterocycles. The van der Waals surface area contributed by atoms with E-state index >= 15 is 0 Å². The van der Waals surface area contributed by atoms with E-state index in [-0.39, 0.29) is 12.5 Å². The molecule has 1 amide bonds. The van der Waals surface area contributed by atoms with Crippen LogP contribution in [0.25, 0.3) is 0 Å². The molecule has 0 fully saturated rings. The van der Waals surface area contributed by atoms with Crippen molar-refractivity contribution in [3.05, 3.63) is 48.6 Å². The molecular formula is C57H107NO4. The zero-order valence-electron chi connectivity index (χ0n) is 41.5. The highest BCUT2D eigenvalue weighted by atomic mass is 16.3. The van der Waals surface area contributed by atoms with Crippen LogP contribution in [0.1, 0.15) is 284 Å².